The zero-order valence-electron chi connectivity index (χ0n) is 27.4. The lowest BCUT2D eigenvalue weighted by Gasteiger charge is -2.21. The van der Waals surface area contributed by atoms with Crippen LogP contribution >= 0.6 is 0 Å². The van der Waals surface area contributed by atoms with Gasteiger partial charge in [-0.15, -0.1) is 0 Å². The summed E-state index contributed by atoms with van der Waals surface area (Å²) in [5, 5.41) is 3.42. The number of rotatable bonds is 5. The number of benzene rings is 6. The lowest BCUT2D eigenvalue weighted by atomic mass is 9.84. The minimum atomic E-state index is 0.849. The lowest BCUT2D eigenvalue weighted by molar-refractivity contribution is 0.668. The van der Waals surface area contributed by atoms with Gasteiger partial charge in [0, 0.05) is 50.9 Å². The number of para-hydroxylation sites is 3. The minimum absolute atomic E-state index is 0.849. The maximum absolute atomic E-state index is 6.27. The molecule has 0 saturated carbocycles. The van der Waals surface area contributed by atoms with Crippen LogP contribution in [0, 0.1) is 0 Å². The summed E-state index contributed by atoms with van der Waals surface area (Å²) in [6.45, 7) is 0. The van der Waals surface area contributed by atoms with E-state index in [4.69, 9.17) is 9.40 Å². The van der Waals surface area contributed by atoms with Crippen LogP contribution in [0.3, 0.4) is 0 Å². The summed E-state index contributed by atoms with van der Waals surface area (Å²) in [5.74, 6) is 0. The second-order valence-electron chi connectivity index (χ2n) is 13.0. The maximum atomic E-state index is 6.27. The molecule has 1 aliphatic carbocycles. The molecule has 1 aliphatic rings. The summed E-state index contributed by atoms with van der Waals surface area (Å²) in [6, 6.07) is 56.1. The van der Waals surface area contributed by atoms with Gasteiger partial charge in [0.2, 0.25) is 0 Å². The first-order chi connectivity index (χ1) is 24.8. The fraction of sp³-hybridized carbons (Fsp3) is 0.0426. The SMILES string of the molecule is C1=C(c2ccccc2-c2ccccc2-c2ccccc2-c2cc3oc4ccccc4c3cn2)CCc2c1c1ccccc1n2-c1ccccc1. The number of fused-ring (bicyclic) bond motifs is 6. The third-order valence-corrected chi connectivity index (χ3v) is 10.2. The molecule has 3 heterocycles. The molecule has 236 valence electrons. The molecule has 0 radical (unpaired) electrons. The molecule has 3 nitrogen and oxygen atoms in total. The first kappa shape index (κ1) is 28.6. The molecule has 50 heavy (non-hydrogen) atoms. The molecular weight excluding hydrogens is 609 g/mol. The number of pyridine rings is 1. The highest BCUT2D eigenvalue weighted by molar-refractivity contribution is 6.06. The van der Waals surface area contributed by atoms with Crippen molar-refractivity contribution in [3.63, 3.8) is 0 Å². The van der Waals surface area contributed by atoms with E-state index in [1.165, 1.54) is 55.7 Å². The Kier molecular flexibility index (Phi) is 6.63. The summed E-state index contributed by atoms with van der Waals surface area (Å²) in [4.78, 5) is 4.98. The molecule has 0 amide bonds. The molecule has 0 bridgehead atoms. The van der Waals surface area contributed by atoms with Crippen molar-refractivity contribution in [2.75, 3.05) is 0 Å². The highest BCUT2D eigenvalue weighted by Gasteiger charge is 2.24. The van der Waals surface area contributed by atoms with Crippen LogP contribution in [0.2, 0.25) is 0 Å². The van der Waals surface area contributed by atoms with Crippen molar-refractivity contribution >= 4 is 44.5 Å². The summed E-state index contributed by atoms with van der Waals surface area (Å²) < 4.78 is 8.72. The highest BCUT2D eigenvalue weighted by Crippen LogP contribution is 2.44. The summed E-state index contributed by atoms with van der Waals surface area (Å²) in [7, 11) is 0. The third kappa shape index (κ3) is 4.55. The Hall–Kier alpha value is -6.45. The molecule has 9 aromatic rings. The average Bonchev–Trinajstić information content (AvgIpc) is 3.73. The second kappa shape index (κ2) is 11.6. The van der Waals surface area contributed by atoms with E-state index >= 15 is 0 Å². The van der Waals surface area contributed by atoms with E-state index in [1.807, 2.05) is 24.4 Å². The summed E-state index contributed by atoms with van der Waals surface area (Å²) in [6.07, 6.45) is 6.34. The Morgan fingerprint density at radius 1 is 0.480 bits per heavy atom. The van der Waals surface area contributed by atoms with Gasteiger partial charge in [-0.25, -0.2) is 0 Å². The zero-order valence-corrected chi connectivity index (χ0v) is 27.4. The van der Waals surface area contributed by atoms with E-state index in [9.17, 15) is 0 Å². The average molecular weight is 641 g/mol. The number of nitrogens with zero attached hydrogens (tertiary/aromatic N) is 2. The van der Waals surface area contributed by atoms with E-state index in [2.05, 4.69) is 150 Å². The van der Waals surface area contributed by atoms with Gasteiger partial charge in [0.05, 0.1) is 11.2 Å². The van der Waals surface area contributed by atoms with Gasteiger partial charge in [-0.2, -0.15) is 0 Å². The number of hydrogen-bond donors (Lipinski definition) is 0. The van der Waals surface area contributed by atoms with Gasteiger partial charge >= 0.3 is 0 Å². The Bertz CT molecular complexity index is 2760. The van der Waals surface area contributed by atoms with Crippen molar-refractivity contribution in [3.8, 4) is 39.2 Å². The second-order valence-corrected chi connectivity index (χ2v) is 13.0. The van der Waals surface area contributed by atoms with Gasteiger partial charge in [0.15, 0.2) is 0 Å². The zero-order chi connectivity index (χ0) is 33.0. The topological polar surface area (TPSA) is 31.0 Å². The van der Waals surface area contributed by atoms with Gasteiger partial charge < -0.3 is 8.98 Å². The molecule has 0 aliphatic heterocycles. The smallest absolute Gasteiger partial charge is 0.139 e. The molecule has 10 rings (SSSR count). The Labute approximate surface area is 290 Å². The van der Waals surface area contributed by atoms with Crippen molar-refractivity contribution in [2.45, 2.75) is 12.8 Å². The van der Waals surface area contributed by atoms with Gasteiger partial charge in [-0.1, -0.05) is 127 Å². The fourth-order valence-electron chi connectivity index (χ4n) is 7.97. The van der Waals surface area contributed by atoms with Crippen LogP contribution in [-0.4, -0.2) is 9.55 Å². The molecule has 3 aromatic heterocycles. The fourth-order valence-corrected chi connectivity index (χ4v) is 7.97. The first-order valence-corrected chi connectivity index (χ1v) is 17.3. The number of furan rings is 1. The summed E-state index contributed by atoms with van der Waals surface area (Å²) >= 11 is 0. The molecule has 0 atom stereocenters. The van der Waals surface area contributed by atoms with Crippen LogP contribution in [0.4, 0.5) is 0 Å². The number of allylic oxidation sites excluding steroid dienone is 1. The van der Waals surface area contributed by atoms with Crippen LogP contribution in [0.5, 0.6) is 0 Å². The predicted octanol–water partition coefficient (Wildman–Crippen LogP) is 12.4. The molecule has 0 unspecified atom stereocenters. The van der Waals surface area contributed by atoms with Gasteiger partial charge in [0.25, 0.3) is 0 Å². The van der Waals surface area contributed by atoms with Crippen LogP contribution in [0.1, 0.15) is 23.2 Å². The van der Waals surface area contributed by atoms with Crippen molar-refractivity contribution in [2.24, 2.45) is 0 Å². The Morgan fingerprint density at radius 2 is 1.06 bits per heavy atom. The van der Waals surface area contributed by atoms with E-state index in [0.29, 0.717) is 0 Å². The maximum Gasteiger partial charge on any atom is 0.139 e. The van der Waals surface area contributed by atoms with Gasteiger partial charge in [0.1, 0.15) is 11.2 Å². The third-order valence-electron chi connectivity index (χ3n) is 10.2. The largest absolute Gasteiger partial charge is 0.456 e. The van der Waals surface area contributed by atoms with Crippen molar-refractivity contribution < 1.29 is 4.42 Å². The van der Waals surface area contributed by atoms with E-state index in [-0.39, 0.29) is 0 Å². The Balaban J connectivity index is 1.11. The first-order valence-electron chi connectivity index (χ1n) is 17.3. The Morgan fingerprint density at radius 3 is 1.82 bits per heavy atom. The summed E-state index contributed by atoms with van der Waals surface area (Å²) in [5.41, 5.74) is 16.3. The van der Waals surface area contributed by atoms with Crippen molar-refractivity contribution in [1.82, 2.24) is 9.55 Å². The number of hydrogen-bond acceptors (Lipinski definition) is 2. The van der Waals surface area contributed by atoms with Crippen LogP contribution < -0.4 is 0 Å². The molecule has 0 fully saturated rings. The normalized spacial score (nSPS) is 12.8. The van der Waals surface area contributed by atoms with Crippen molar-refractivity contribution in [3.05, 3.63) is 181 Å². The molecule has 0 N–H and O–H groups in total. The minimum Gasteiger partial charge on any atom is -0.456 e. The molecule has 6 aromatic carbocycles. The van der Waals surface area contributed by atoms with Crippen molar-refractivity contribution in [1.29, 1.82) is 0 Å². The monoisotopic (exact) mass is 640 g/mol. The quantitative estimate of drug-likeness (QED) is 0.187. The van der Waals surface area contributed by atoms with E-state index in [1.54, 1.807) is 0 Å². The van der Waals surface area contributed by atoms with Crippen LogP contribution in [-0.2, 0) is 6.42 Å². The van der Waals surface area contributed by atoms with Crippen LogP contribution in [0.15, 0.2) is 168 Å². The van der Waals surface area contributed by atoms with Gasteiger partial charge in [-0.05, 0) is 76.6 Å². The van der Waals surface area contributed by atoms with Gasteiger partial charge in [-0.3, -0.25) is 4.98 Å². The lowest BCUT2D eigenvalue weighted by Crippen LogP contribution is -2.05. The molecule has 0 spiro atoms. The standard InChI is InChI=1S/C47H32N2O/c1-2-14-32(15-3-1)49-44-24-12-10-22-39(44)41-28-31(26-27-45(41)49)33-16-4-5-17-34(33)35-18-6-7-19-36(35)37-20-8-9-21-38(37)43-29-47-42(30-48-43)40-23-11-13-25-46(40)50-47/h1-25,28-30H,26-27H2. The molecule has 3 heteroatoms. The molecule has 0 saturated heterocycles. The van der Waals surface area contributed by atoms with Crippen LogP contribution in [0.25, 0.3) is 83.7 Å². The molecular formula is C47H32N2O. The highest BCUT2D eigenvalue weighted by atomic mass is 16.3. The van der Waals surface area contributed by atoms with E-state index < -0.39 is 0 Å². The van der Waals surface area contributed by atoms with E-state index in [0.717, 1.165) is 51.6 Å². The number of aromatic nitrogens is 2. The predicted molar refractivity (Wildman–Crippen MR) is 207 cm³/mol.